The SMILES string of the molecule is CC1CC(C)CN(C(C#N)c2cccc(O)c2)C1. The van der Waals surface area contributed by atoms with Gasteiger partial charge in [-0.2, -0.15) is 5.26 Å². The molecule has 3 nitrogen and oxygen atoms in total. The fourth-order valence-corrected chi connectivity index (χ4v) is 2.98. The minimum Gasteiger partial charge on any atom is -0.508 e. The molecule has 1 N–H and O–H groups in total. The summed E-state index contributed by atoms with van der Waals surface area (Å²) in [4.78, 5) is 2.23. The van der Waals surface area contributed by atoms with Crippen molar-refractivity contribution in [3.8, 4) is 11.8 Å². The normalized spacial score (nSPS) is 26.5. The van der Waals surface area contributed by atoms with Gasteiger partial charge in [0.1, 0.15) is 11.8 Å². The van der Waals surface area contributed by atoms with Crippen LogP contribution >= 0.6 is 0 Å². The molecular formula is C15H20N2O. The van der Waals surface area contributed by atoms with Crippen molar-refractivity contribution in [1.82, 2.24) is 4.90 Å². The highest BCUT2D eigenvalue weighted by Gasteiger charge is 2.28. The zero-order chi connectivity index (χ0) is 13.1. The molecule has 1 aromatic rings. The van der Waals surface area contributed by atoms with Gasteiger partial charge in [-0.05, 0) is 36.0 Å². The summed E-state index contributed by atoms with van der Waals surface area (Å²) in [6.45, 7) is 6.38. The highest BCUT2D eigenvalue weighted by molar-refractivity contribution is 5.32. The summed E-state index contributed by atoms with van der Waals surface area (Å²) in [5.74, 6) is 1.48. The van der Waals surface area contributed by atoms with E-state index in [4.69, 9.17) is 0 Å². The number of phenols is 1. The van der Waals surface area contributed by atoms with Gasteiger partial charge in [0, 0.05) is 13.1 Å². The van der Waals surface area contributed by atoms with E-state index >= 15 is 0 Å². The third-order valence-corrected chi connectivity index (χ3v) is 3.57. The molecule has 0 bridgehead atoms. The lowest BCUT2D eigenvalue weighted by Gasteiger charge is -2.37. The van der Waals surface area contributed by atoms with Crippen LogP contribution in [0.25, 0.3) is 0 Å². The van der Waals surface area contributed by atoms with Crippen molar-refractivity contribution >= 4 is 0 Å². The van der Waals surface area contributed by atoms with E-state index in [9.17, 15) is 10.4 Å². The second-order valence-corrected chi connectivity index (χ2v) is 5.53. The van der Waals surface area contributed by atoms with Crippen molar-refractivity contribution in [3.63, 3.8) is 0 Å². The molecule has 0 spiro atoms. The Labute approximate surface area is 109 Å². The van der Waals surface area contributed by atoms with Crippen molar-refractivity contribution in [1.29, 1.82) is 5.26 Å². The van der Waals surface area contributed by atoms with Crippen LogP contribution in [0.5, 0.6) is 5.75 Å². The van der Waals surface area contributed by atoms with Crippen molar-refractivity contribution < 1.29 is 5.11 Å². The smallest absolute Gasteiger partial charge is 0.124 e. The van der Waals surface area contributed by atoms with Crippen LogP contribution in [0.15, 0.2) is 24.3 Å². The summed E-state index contributed by atoms with van der Waals surface area (Å²) < 4.78 is 0. The first-order chi connectivity index (χ1) is 8.60. The molecule has 3 unspecified atom stereocenters. The maximum atomic E-state index is 9.53. The molecule has 18 heavy (non-hydrogen) atoms. The molecule has 1 aliphatic heterocycles. The summed E-state index contributed by atoms with van der Waals surface area (Å²) in [5.41, 5.74) is 0.888. The van der Waals surface area contributed by atoms with Crippen LogP contribution in [-0.2, 0) is 0 Å². The van der Waals surface area contributed by atoms with Gasteiger partial charge in [-0.25, -0.2) is 0 Å². The second-order valence-electron chi connectivity index (χ2n) is 5.53. The molecule has 1 aliphatic rings. The molecule has 3 atom stereocenters. The van der Waals surface area contributed by atoms with Gasteiger partial charge in [0.2, 0.25) is 0 Å². The monoisotopic (exact) mass is 244 g/mol. The minimum atomic E-state index is -0.248. The quantitative estimate of drug-likeness (QED) is 0.870. The summed E-state index contributed by atoms with van der Waals surface area (Å²) in [6.07, 6.45) is 1.23. The molecule has 3 heteroatoms. The maximum Gasteiger partial charge on any atom is 0.124 e. The standard InChI is InChI=1S/C15H20N2O/c1-11-6-12(2)10-17(9-11)15(8-16)13-4-3-5-14(18)7-13/h3-5,7,11-12,15,18H,6,9-10H2,1-2H3. The van der Waals surface area contributed by atoms with Gasteiger partial charge in [-0.15, -0.1) is 0 Å². The number of aromatic hydroxyl groups is 1. The molecular weight excluding hydrogens is 224 g/mol. The second kappa shape index (κ2) is 5.41. The Hall–Kier alpha value is -1.53. The Morgan fingerprint density at radius 1 is 1.33 bits per heavy atom. The van der Waals surface area contributed by atoms with Crippen molar-refractivity contribution in [2.45, 2.75) is 26.3 Å². The molecule has 1 aromatic carbocycles. The molecule has 0 saturated carbocycles. The molecule has 0 aromatic heterocycles. The molecule has 1 heterocycles. The predicted octanol–water partition coefficient (Wildman–Crippen LogP) is 2.93. The maximum absolute atomic E-state index is 9.53. The Morgan fingerprint density at radius 3 is 2.56 bits per heavy atom. The average Bonchev–Trinajstić information content (AvgIpc) is 2.28. The molecule has 1 saturated heterocycles. The molecule has 0 aliphatic carbocycles. The van der Waals surface area contributed by atoms with Crippen LogP contribution in [0, 0.1) is 23.2 Å². The number of piperidine rings is 1. The third-order valence-electron chi connectivity index (χ3n) is 3.57. The van der Waals surface area contributed by atoms with Gasteiger partial charge in [-0.1, -0.05) is 26.0 Å². The molecule has 2 rings (SSSR count). The molecule has 1 fully saturated rings. The topological polar surface area (TPSA) is 47.3 Å². The number of rotatable bonds is 2. The van der Waals surface area contributed by atoms with Crippen LogP contribution in [-0.4, -0.2) is 23.1 Å². The van der Waals surface area contributed by atoms with Gasteiger partial charge in [-0.3, -0.25) is 4.90 Å². The summed E-state index contributed by atoms with van der Waals surface area (Å²) in [6, 6.07) is 9.17. The fourth-order valence-electron chi connectivity index (χ4n) is 2.98. The average molecular weight is 244 g/mol. The zero-order valence-electron chi connectivity index (χ0n) is 11.0. The third kappa shape index (κ3) is 2.83. The lowest BCUT2D eigenvalue weighted by molar-refractivity contribution is 0.117. The highest BCUT2D eigenvalue weighted by atomic mass is 16.3. The Morgan fingerprint density at radius 2 is 2.00 bits per heavy atom. The fraction of sp³-hybridized carbons (Fsp3) is 0.533. The lowest BCUT2D eigenvalue weighted by Crippen LogP contribution is -2.40. The van der Waals surface area contributed by atoms with Crippen molar-refractivity contribution in [3.05, 3.63) is 29.8 Å². The van der Waals surface area contributed by atoms with E-state index in [1.807, 2.05) is 6.07 Å². The van der Waals surface area contributed by atoms with Crippen LogP contribution in [0.3, 0.4) is 0 Å². The number of likely N-dealkylation sites (tertiary alicyclic amines) is 1. The van der Waals surface area contributed by atoms with E-state index in [1.54, 1.807) is 18.2 Å². The van der Waals surface area contributed by atoms with Crippen LogP contribution in [0.4, 0.5) is 0 Å². The van der Waals surface area contributed by atoms with Crippen molar-refractivity contribution in [2.75, 3.05) is 13.1 Å². The summed E-state index contributed by atoms with van der Waals surface area (Å²) in [5, 5.41) is 19.0. The number of benzene rings is 1. The molecule has 0 amide bonds. The summed E-state index contributed by atoms with van der Waals surface area (Å²) >= 11 is 0. The van der Waals surface area contributed by atoms with Crippen LogP contribution in [0.2, 0.25) is 0 Å². The van der Waals surface area contributed by atoms with E-state index < -0.39 is 0 Å². The van der Waals surface area contributed by atoms with Crippen LogP contribution in [0.1, 0.15) is 31.9 Å². The number of phenolic OH excluding ortho intramolecular Hbond substituents is 1. The molecule has 0 radical (unpaired) electrons. The van der Waals surface area contributed by atoms with E-state index in [0.29, 0.717) is 11.8 Å². The van der Waals surface area contributed by atoms with E-state index in [2.05, 4.69) is 24.8 Å². The number of hydrogen-bond acceptors (Lipinski definition) is 3. The zero-order valence-corrected chi connectivity index (χ0v) is 11.0. The number of hydrogen-bond donors (Lipinski definition) is 1. The first-order valence-corrected chi connectivity index (χ1v) is 6.52. The highest BCUT2D eigenvalue weighted by Crippen LogP contribution is 2.30. The van der Waals surface area contributed by atoms with Gasteiger partial charge in [0.25, 0.3) is 0 Å². The van der Waals surface area contributed by atoms with E-state index in [-0.39, 0.29) is 11.8 Å². The van der Waals surface area contributed by atoms with Gasteiger partial charge in [0.15, 0.2) is 0 Å². The van der Waals surface area contributed by atoms with E-state index in [1.165, 1.54) is 6.42 Å². The lowest BCUT2D eigenvalue weighted by atomic mass is 9.90. The largest absolute Gasteiger partial charge is 0.508 e. The van der Waals surface area contributed by atoms with Gasteiger partial charge in [0.05, 0.1) is 6.07 Å². The van der Waals surface area contributed by atoms with Gasteiger partial charge >= 0.3 is 0 Å². The first-order valence-electron chi connectivity index (χ1n) is 6.52. The Kier molecular flexibility index (Phi) is 3.88. The van der Waals surface area contributed by atoms with Crippen LogP contribution < -0.4 is 0 Å². The van der Waals surface area contributed by atoms with Gasteiger partial charge < -0.3 is 5.11 Å². The number of nitrogens with zero attached hydrogens (tertiary/aromatic N) is 2. The van der Waals surface area contributed by atoms with E-state index in [0.717, 1.165) is 18.7 Å². The Balaban J connectivity index is 2.21. The predicted molar refractivity (Wildman–Crippen MR) is 71.0 cm³/mol. The summed E-state index contributed by atoms with van der Waals surface area (Å²) in [7, 11) is 0. The minimum absolute atomic E-state index is 0.228. The first kappa shape index (κ1) is 12.9. The number of nitriles is 1. The Bertz CT molecular complexity index is 442. The van der Waals surface area contributed by atoms with Crippen molar-refractivity contribution in [2.24, 2.45) is 11.8 Å². The molecule has 96 valence electrons.